The van der Waals surface area contributed by atoms with E-state index >= 15 is 0 Å². The quantitative estimate of drug-likeness (QED) is 0.526. The van der Waals surface area contributed by atoms with Crippen LogP contribution in [0.3, 0.4) is 0 Å². The number of nitrogens with two attached hydrogens (primary N) is 1. The summed E-state index contributed by atoms with van der Waals surface area (Å²) in [7, 11) is 0. The molecular formula is C10H15N3S. The average molecular weight is 209 g/mol. The van der Waals surface area contributed by atoms with Crippen LogP contribution in [0.5, 0.6) is 0 Å². The molecule has 0 aliphatic carbocycles. The van der Waals surface area contributed by atoms with Crippen molar-refractivity contribution in [2.75, 3.05) is 5.43 Å². The summed E-state index contributed by atoms with van der Waals surface area (Å²) in [6.07, 6.45) is 0. The predicted octanol–water partition coefficient (Wildman–Crippen LogP) is 1.97. The molecule has 1 aromatic carbocycles. The Hall–Kier alpha value is -1.29. The van der Waals surface area contributed by atoms with E-state index in [1.54, 1.807) is 0 Å². The Bertz CT molecular complexity index is 306. The molecule has 0 saturated heterocycles. The molecule has 0 heterocycles. The van der Waals surface area contributed by atoms with Crippen LogP contribution in [0.15, 0.2) is 24.3 Å². The highest BCUT2D eigenvalue weighted by Gasteiger charge is 1.98. The first-order chi connectivity index (χ1) is 6.59. The normalized spacial score (nSPS) is 9.93. The predicted molar refractivity (Wildman–Crippen MR) is 64.1 cm³/mol. The molecule has 0 atom stereocenters. The van der Waals surface area contributed by atoms with Gasteiger partial charge in [0.05, 0.1) is 5.69 Å². The highest BCUT2D eigenvalue weighted by Crippen LogP contribution is 2.16. The van der Waals surface area contributed by atoms with Crippen LogP contribution in [-0.2, 0) is 0 Å². The zero-order valence-electron chi connectivity index (χ0n) is 8.37. The van der Waals surface area contributed by atoms with E-state index in [0.29, 0.717) is 5.92 Å². The maximum absolute atomic E-state index is 5.28. The van der Waals surface area contributed by atoms with Gasteiger partial charge in [0, 0.05) is 0 Å². The summed E-state index contributed by atoms with van der Waals surface area (Å²) in [6.45, 7) is 4.32. The van der Waals surface area contributed by atoms with Gasteiger partial charge in [-0.3, -0.25) is 10.9 Å². The first kappa shape index (κ1) is 10.8. The summed E-state index contributed by atoms with van der Waals surface area (Å²) in [5, 5.41) is 0.234. The molecule has 0 saturated carbocycles. The van der Waals surface area contributed by atoms with E-state index in [-0.39, 0.29) is 5.11 Å². The van der Waals surface area contributed by atoms with Crippen LogP contribution in [0.2, 0.25) is 0 Å². The van der Waals surface area contributed by atoms with Gasteiger partial charge in [-0.05, 0) is 35.8 Å². The Morgan fingerprint density at radius 1 is 1.29 bits per heavy atom. The zero-order chi connectivity index (χ0) is 10.6. The Kier molecular flexibility index (Phi) is 3.71. The van der Waals surface area contributed by atoms with Gasteiger partial charge in [0.1, 0.15) is 0 Å². The minimum Gasteiger partial charge on any atom is -0.375 e. The molecule has 1 aromatic rings. The van der Waals surface area contributed by atoms with Crippen LogP contribution < -0.4 is 16.6 Å². The molecule has 0 aromatic heterocycles. The summed E-state index contributed by atoms with van der Waals surface area (Å²) in [5.74, 6) is 0.549. The highest BCUT2D eigenvalue weighted by molar-refractivity contribution is 7.80. The number of rotatable bonds is 3. The van der Waals surface area contributed by atoms with Gasteiger partial charge in [-0.1, -0.05) is 26.0 Å². The fraction of sp³-hybridized carbons (Fsp3) is 0.300. The van der Waals surface area contributed by atoms with Crippen molar-refractivity contribution in [3.8, 4) is 0 Å². The minimum absolute atomic E-state index is 0.234. The lowest BCUT2D eigenvalue weighted by atomic mass is 10.0. The summed E-state index contributed by atoms with van der Waals surface area (Å²) in [6, 6.07) is 8.13. The first-order valence-electron chi connectivity index (χ1n) is 4.51. The summed E-state index contributed by atoms with van der Waals surface area (Å²) in [4.78, 5) is 0. The molecule has 0 aliphatic rings. The van der Waals surface area contributed by atoms with Crippen molar-refractivity contribution in [2.45, 2.75) is 19.8 Å². The average Bonchev–Trinajstić information content (AvgIpc) is 2.15. The van der Waals surface area contributed by atoms with Gasteiger partial charge in [0.15, 0.2) is 5.11 Å². The second-order valence-corrected chi connectivity index (χ2v) is 3.83. The van der Waals surface area contributed by atoms with Gasteiger partial charge >= 0.3 is 0 Å². The number of hydrogen-bond acceptors (Lipinski definition) is 2. The third kappa shape index (κ3) is 3.22. The van der Waals surface area contributed by atoms with Crippen LogP contribution in [0.4, 0.5) is 5.69 Å². The van der Waals surface area contributed by atoms with E-state index in [0.717, 1.165) is 5.69 Å². The van der Waals surface area contributed by atoms with Crippen LogP contribution in [0.25, 0.3) is 0 Å². The van der Waals surface area contributed by atoms with Gasteiger partial charge in [-0.15, -0.1) is 0 Å². The Balaban J connectivity index is 2.59. The maximum Gasteiger partial charge on any atom is 0.182 e. The fourth-order valence-corrected chi connectivity index (χ4v) is 1.14. The molecule has 14 heavy (non-hydrogen) atoms. The molecule has 4 N–H and O–H groups in total. The van der Waals surface area contributed by atoms with E-state index in [2.05, 4.69) is 49.0 Å². The van der Waals surface area contributed by atoms with Crippen molar-refractivity contribution in [1.82, 2.24) is 5.43 Å². The summed E-state index contributed by atoms with van der Waals surface area (Å²) in [5.41, 5.74) is 13.1. The monoisotopic (exact) mass is 209 g/mol. The van der Waals surface area contributed by atoms with E-state index in [9.17, 15) is 0 Å². The van der Waals surface area contributed by atoms with Gasteiger partial charge in [0.25, 0.3) is 0 Å². The number of benzene rings is 1. The second-order valence-electron chi connectivity index (χ2n) is 3.39. The lowest BCUT2D eigenvalue weighted by Crippen LogP contribution is -2.33. The Labute approximate surface area is 89.7 Å². The molecule has 0 aliphatic heterocycles. The molecular weight excluding hydrogens is 194 g/mol. The molecule has 0 amide bonds. The molecule has 0 fully saturated rings. The molecule has 1 rings (SSSR count). The number of hydrogen-bond donors (Lipinski definition) is 3. The Morgan fingerprint density at radius 3 is 2.29 bits per heavy atom. The highest BCUT2D eigenvalue weighted by atomic mass is 32.1. The van der Waals surface area contributed by atoms with Crippen molar-refractivity contribution in [3.05, 3.63) is 29.8 Å². The second kappa shape index (κ2) is 4.81. The van der Waals surface area contributed by atoms with Crippen LogP contribution in [-0.4, -0.2) is 5.11 Å². The molecule has 0 radical (unpaired) electrons. The standard InChI is InChI=1S/C10H15N3S/c1-7(2)8-3-5-9(6-4-8)12-13-10(11)14/h3-7,12H,1-2H3,(H3,11,13,14). The zero-order valence-corrected chi connectivity index (χ0v) is 9.19. The molecule has 76 valence electrons. The lowest BCUT2D eigenvalue weighted by Gasteiger charge is -2.09. The van der Waals surface area contributed by atoms with E-state index in [1.807, 2.05) is 12.1 Å². The lowest BCUT2D eigenvalue weighted by molar-refractivity contribution is 0.866. The fourth-order valence-electron chi connectivity index (χ4n) is 1.09. The molecule has 0 spiro atoms. The van der Waals surface area contributed by atoms with E-state index in [4.69, 9.17) is 5.73 Å². The third-order valence-corrected chi connectivity index (χ3v) is 2.01. The minimum atomic E-state index is 0.234. The SMILES string of the molecule is CC(C)c1ccc(NNC(N)=S)cc1. The summed E-state index contributed by atoms with van der Waals surface area (Å²) < 4.78 is 0. The number of hydrazine groups is 1. The van der Waals surface area contributed by atoms with Crippen molar-refractivity contribution in [1.29, 1.82) is 0 Å². The summed E-state index contributed by atoms with van der Waals surface area (Å²) >= 11 is 4.67. The van der Waals surface area contributed by atoms with Crippen LogP contribution >= 0.6 is 12.2 Å². The smallest absolute Gasteiger partial charge is 0.182 e. The maximum atomic E-state index is 5.28. The van der Waals surface area contributed by atoms with Gasteiger partial charge in [-0.2, -0.15) is 0 Å². The van der Waals surface area contributed by atoms with Gasteiger partial charge in [-0.25, -0.2) is 0 Å². The van der Waals surface area contributed by atoms with E-state index < -0.39 is 0 Å². The van der Waals surface area contributed by atoms with Crippen molar-refractivity contribution < 1.29 is 0 Å². The molecule has 3 nitrogen and oxygen atoms in total. The number of anilines is 1. The third-order valence-electron chi connectivity index (χ3n) is 1.91. The molecule has 0 unspecified atom stereocenters. The number of nitrogens with one attached hydrogen (secondary N) is 2. The van der Waals surface area contributed by atoms with Crippen LogP contribution in [0.1, 0.15) is 25.3 Å². The molecule has 0 bridgehead atoms. The van der Waals surface area contributed by atoms with Crippen molar-refractivity contribution >= 4 is 23.0 Å². The molecule has 4 heteroatoms. The van der Waals surface area contributed by atoms with Gasteiger partial charge < -0.3 is 5.73 Å². The topological polar surface area (TPSA) is 50.1 Å². The Morgan fingerprint density at radius 2 is 1.86 bits per heavy atom. The van der Waals surface area contributed by atoms with E-state index in [1.165, 1.54) is 5.56 Å². The number of thiocarbonyl (C=S) groups is 1. The van der Waals surface area contributed by atoms with Crippen molar-refractivity contribution in [2.24, 2.45) is 5.73 Å². The first-order valence-corrected chi connectivity index (χ1v) is 4.92. The largest absolute Gasteiger partial charge is 0.375 e. The van der Waals surface area contributed by atoms with Gasteiger partial charge in [0.2, 0.25) is 0 Å². The van der Waals surface area contributed by atoms with Crippen LogP contribution in [0, 0.1) is 0 Å². The van der Waals surface area contributed by atoms with Crippen molar-refractivity contribution in [3.63, 3.8) is 0 Å².